The van der Waals surface area contributed by atoms with Crippen LogP contribution in [0, 0.1) is 0 Å². The first-order valence-corrected chi connectivity index (χ1v) is 12.2. The van der Waals surface area contributed by atoms with Gasteiger partial charge in [0.05, 0.1) is 30.1 Å². The van der Waals surface area contributed by atoms with E-state index in [1.54, 1.807) is 0 Å². The van der Waals surface area contributed by atoms with Crippen molar-refractivity contribution in [2.45, 2.75) is 19.3 Å². The average molecular weight is 466 g/mol. The van der Waals surface area contributed by atoms with Crippen molar-refractivity contribution in [1.29, 1.82) is 0 Å². The molecule has 0 aromatic heterocycles. The summed E-state index contributed by atoms with van der Waals surface area (Å²) in [5.41, 5.74) is 3.71. The maximum atomic E-state index is 6.28. The third-order valence-corrected chi connectivity index (χ3v) is 5.92. The third-order valence-electron chi connectivity index (χ3n) is 5.53. The van der Waals surface area contributed by atoms with Crippen LogP contribution in [0.2, 0.25) is 0 Å². The third kappa shape index (κ3) is 7.00. The quantitative estimate of drug-likeness (QED) is 0.264. The van der Waals surface area contributed by atoms with Crippen LogP contribution in [-0.4, -0.2) is 30.1 Å². The molecule has 4 heteroatoms. The Labute approximate surface area is 205 Å². The zero-order valence-electron chi connectivity index (χ0n) is 19.3. The second-order valence-corrected chi connectivity index (χ2v) is 8.56. The van der Waals surface area contributed by atoms with Gasteiger partial charge < -0.3 is 14.2 Å². The number of rotatable bonds is 12. The first-order valence-electron chi connectivity index (χ1n) is 11.7. The molecule has 0 aliphatic heterocycles. The molecule has 3 radical (unpaired) electrons. The topological polar surface area (TPSA) is 27.7 Å². The molecular formula is C30H29O3Si. The SMILES string of the molecule is [Si]c1ccc(OCCc2ccccc2)c(OCCc2ccccc2)c1OCCc1ccccc1. The fourth-order valence-corrected chi connectivity index (χ4v) is 3.96. The second kappa shape index (κ2) is 12.7. The van der Waals surface area contributed by atoms with Crippen LogP contribution in [0.5, 0.6) is 17.2 Å². The van der Waals surface area contributed by atoms with Crippen molar-refractivity contribution in [2.75, 3.05) is 19.8 Å². The van der Waals surface area contributed by atoms with Crippen molar-refractivity contribution in [3.63, 3.8) is 0 Å². The van der Waals surface area contributed by atoms with Gasteiger partial charge in [-0.3, -0.25) is 0 Å². The molecule has 0 bridgehead atoms. The van der Waals surface area contributed by atoms with Crippen molar-refractivity contribution in [3.8, 4) is 17.2 Å². The molecule has 0 aliphatic carbocycles. The molecule has 4 rings (SSSR count). The Hall–Kier alpha value is -3.50. The highest BCUT2D eigenvalue weighted by molar-refractivity contribution is 6.34. The van der Waals surface area contributed by atoms with Gasteiger partial charge in [-0.15, -0.1) is 0 Å². The van der Waals surface area contributed by atoms with E-state index in [4.69, 9.17) is 14.2 Å². The van der Waals surface area contributed by atoms with Crippen LogP contribution in [0.4, 0.5) is 0 Å². The molecule has 0 amide bonds. The molecule has 171 valence electrons. The molecule has 4 aromatic carbocycles. The van der Waals surface area contributed by atoms with E-state index < -0.39 is 0 Å². The lowest BCUT2D eigenvalue weighted by molar-refractivity contribution is 0.247. The predicted molar refractivity (Wildman–Crippen MR) is 139 cm³/mol. The van der Waals surface area contributed by atoms with E-state index in [2.05, 4.69) is 46.6 Å². The van der Waals surface area contributed by atoms with Crippen molar-refractivity contribution in [1.82, 2.24) is 0 Å². The second-order valence-electron chi connectivity index (χ2n) is 8.02. The standard InChI is InChI=1S/C30H29O3Si/c34-28-17-16-27(31-21-18-24-10-4-1-5-11-24)29(32-22-19-25-12-6-2-7-13-25)30(28)33-23-20-26-14-8-3-9-15-26/h1-17H,18-23H2. The van der Waals surface area contributed by atoms with Gasteiger partial charge in [0.2, 0.25) is 5.75 Å². The number of benzene rings is 4. The minimum atomic E-state index is 0.532. The minimum Gasteiger partial charge on any atom is -0.489 e. The van der Waals surface area contributed by atoms with E-state index >= 15 is 0 Å². The summed E-state index contributed by atoms with van der Waals surface area (Å²) in [5.74, 6) is 2.02. The van der Waals surface area contributed by atoms with E-state index in [9.17, 15) is 0 Å². The number of hydrogen-bond acceptors (Lipinski definition) is 3. The van der Waals surface area contributed by atoms with E-state index in [1.807, 2.05) is 66.7 Å². The maximum Gasteiger partial charge on any atom is 0.203 e. The molecule has 0 aliphatic rings. The van der Waals surface area contributed by atoms with Crippen molar-refractivity contribution < 1.29 is 14.2 Å². The van der Waals surface area contributed by atoms with E-state index in [-0.39, 0.29) is 0 Å². The average Bonchev–Trinajstić information content (AvgIpc) is 2.88. The van der Waals surface area contributed by atoms with Gasteiger partial charge in [0, 0.05) is 19.3 Å². The maximum absolute atomic E-state index is 6.28. The Bertz CT molecular complexity index is 1130. The lowest BCUT2D eigenvalue weighted by Gasteiger charge is -2.19. The van der Waals surface area contributed by atoms with Gasteiger partial charge in [-0.2, -0.15) is 0 Å². The number of hydrogen-bond donors (Lipinski definition) is 0. The van der Waals surface area contributed by atoms with Crippen LogP contribution in [-0.2, 0) is 19.3 Å². The predicted octanol–water partition coefficient (Wildman–Crippen LogP) is 5.34. The van der Waals surface area contributed by atoms with Crippen LogP contribution in [0.25, 0.3) is 0 Å². The Morgan fingerprint density at radius 2 is 0.853 bits per heavy atom. The van der Waals surface area contributed by atoms with Gasteiger partial charge >= 0.3 is 0 Å². The fourth-order valence-electron chi connectivity index (χ4n) is 3.69. The van der Waals surface area contributed by atoms with E-state index in [1.165, 1.54) is 16.7 Å². The van der Waals surface area contributed by atoms with Gasteiger partial charge in [0.1, 0.15) is 0 Å². The summed E-state index contributed by atoms with van der Waals surface area (Å²) >= 11 is 0. The van der Waals surface area contributed by atoms with E-state index in [0.717, 1.165) is 24.4 Å². The fraction of sp³-hybridized carbons (Fsp3) is 0.200. The van der Waals surface area contributed by atoms with Gasteiger partial charge in [-0.05, 0) is 27.9 Å². The molecule has 0 saturated heterocycles. The van der Waals surface area contributed by atoms with Gasteiger partial charge in [0.25, 0.3) is 0 Å². The molecular weight excluding hydrogens is 436 g/mol. The lowest BCUT2D eigenvalue weighted by Crippen LogP contribution is -2.15. The van der Waals surface area contributed by atoms with Crippen LogP contribution >= 0.6 is 0 Å². The first kappa shape index (κ1) is 23.6. The molecule has 4 aromatic rings. The molecule has 0 fully saturated rings. The van der Waals surface area contributed by atoms with Crippen LogP contribution in [0.3, 0.4) is 0 Å². The van der Waals surface area contributed by atoms with Crippen LogP contribution < -0.4 is 19.4 Å². The zero-order valence-corrected chi connectivity index (χ0v) is 20.3. The summed E-state index contributed by atoms with van der Waals surface area (Å²) in [6.45, 7) is 1.64. The highest BCUT2D eigenvalue weighted by Crippen LogP contribution is 2.36. The highest BCUT2D eigenvalue weighted by Gasteiger charge is 2.16. The Balaban J connectivity index is 1.46. The molecule has 0 spiro atoms. The van der Waals surface area contributed by atoms with Gasteiger partial charge in [-0.25, -0.2) is 0 Å². The van der Waals surface area contributed by atoms with Crippen molar-refractivity contribution in [3.05, 3.63) is 120 Å². The first-order chi connectivity index (χ1) is 16.8. The van der Waals surface area contributed by atoms with Gasteiger partial charge in [0.15, 0.2) is 11.5 Å². The van der Waals surface area contributed by atoms with Crippen LogP contribution in [0.1, 0.15) is 16.7 Å². The molecule has 34 heavy (non-hydrogen) atoms. The molecule has 0 unspecified atom stereocenters. The van der Waals surface area contributed by atoms with E-state index in [0.29, 0.717) is 37.1 Å². The Morgan fingerprint density at radius 1 is 0.441 bits per heavy atom. The highest BCUT2D eigenvalue weighted by atomic mass is 28.1. The smallest absolute Gasteiger partial charge is 0.203 e. The summed E-state index contributed by atoms with van der Waals surface area (Å²) < 4.78 is 18.7. The number of ether oxygens (including phenoxy) is 3. The lowest BCUT2D eigenvalue weighted by atomic mass is 10.1. The Kier molecular flexibility index (Phi) is 8.81. The largest absolute Gasteiger partial charge is 0.489 e. The summed E-state index contributed by atoms with van der Waals surface area (Å²) in [6, 6.07) is 34.9. The molecule has 3 nitrogen and oxygen atoms in total. The molecule has 0 atom stereocenters. The molecule has 0 N–H and O–H groups in total. The molecule has 0 heterocycles. The zero-order chi connectivity index (χ0) is 23.4. The normalized spacial score (nSPS) is 10.6. The van der Waals surface area contributed by atoms with Gasteiger partial charge in [-0.1, -0.05) is 97.1 Å². The van der Waals surface area contributed by atoms with Crippen molar-refractivity contribution in [2.24, 2.45) is 0 Å². The molecule has 0 saturated carbocycles. The minimum absolute atomic E-state index is 0.532. The summed E-state index contributed by atoms with van der Waals surface area (Å²) in [6.07, 6.45) is 2.44. The monoisotopic (exact) mass is 465 g/mol. The van der Waals surface area contributed by atoms with Crippen molar-refractivity contribution >= 4 is 15.4 Å². The summed E-state index contributed by atoms with van der Waals surface area (Å²) in [4.78, 5) is 0. The van der Waals surface area contributed by atoms with Crippen LogP contribution in [0.15, 0.2) is 103 Å². The Morgan fingerprint density at radius 3 is 1.32 bits per heavy atom. The summed E-state index contributed by atoms with van der Waals surface area (Å²) in [7, 11) is 3.71. The summed E-state index contributed by atoms with van der Waals surface area (Å²) in [5, 5.41) is 0.846.